The van der Waals surface area contributed by atoms with Crippen LogP contribution in [0, 0.1) is 20.8 Å². The van der Waals surface area contributed by atoms with Crippen molar-refractivity contribution in [3.63, 3.8) is 0 Å². The molecule has 0 aliphatic carbocycles. The monoisotopic (exact) mass is 544 g/mol. The molecule has 11 nitrogen and oxygen atoms in total. The van der Waals surface area contributed by atoms with Gasteiger partial charge < -0.3 is 20.4 Å². The van der Waals surface area contributed by atoms with Gasteiger partial charge in [-0.1, -0.05) is 0 Å². The predicted molar refractivity (Wildman–Crippen MR) is 154 cm³/mol. The fourth-order valence-corrected chi connectivity index (χ4v) is 5.29. The summed E-state index contributed by atoms with van der Waals surface area (Å²) in [5.74, 6) is -0.402. The van der Waals surface area contributed by atoms with Crippen molar-refractivity contribution in [2.45, 2.75) is 53.1 Å². The largest absolute Gasteiger partial charge is 0.383 e. The van der Waals surface area contributed by atoms with E-state index in [1.165, 1.54) is 0 Å². The Kier molecular flexibility index (Phi) is 7.95. The van der Waals surface area contributed by atoms with Gasteiger partial charge in [-0.25, -0.2) is 4.98 Å². The lowest BCUT2D eigenvalue weighted by atomic mass is 10.1. The number of fused-ring (bicyclic) bond motifs is 1. The molecule has 210 valence electrons. The van der Waals surface area contributed by atoms with Crippen molar-refractivity contribution in [3.05, 3.63) is 53.2 Å². The summed E-state index contributed by atoms with van der Waals surface area (Å²) >= 11 is 0. The Labute approximate surface area is 233 Å². The third kappa shape index (κ3) is 5.75. The van der Waals surface area contributed by atoms with Crippen LogP contribution in [0.25, 0.3) is 22.3 Å². The predicted octanol–water partition coefficient (Wildman–Crippen LogP) is 4.07. The van der Waals surface area contributed by atoms with E-state index in [-0.39, 0.29) is 11.8 Å². The van der Waals surface area contributed by atoms with E-state index in [9.17, 15) is 9.59 Å². The highest BCUT2D eigenvalue weighted by Crippen LogP contribution is 2.29. The van der Waals surface area contributed by atoms with Gasteiger partial charge in [0.2, 0.25) is 5.91 Å². The quantitative estimate of drug-likeness (QED) is 0.290. The molecule has 5 rings (SSSR count). The first-order valence-corrected chi connectivity index (χ1v) is 13.6. The van der Waals surface area contributed by atoms with Crippen LogP contribution in [0.1, 0.15) is 47.2 Å². The molecule has 1 fully saturated rings. The maximum atomic E-state index is 13.2. The second-order valence-electron chi connectivity index (χ2n) is 10.4. The second kappa shape index (κ2) is 11.6. The number of aromatic amines is 1. The zero-order valence-electron chi connectivity index (χ0n) is 23.7. The summed E-state index contributed by atoms with van der Waals surface area (Å²) in [6, 6.07) is 5.94. The lowest BCUT2D eigenvalue weighted by Crippen LogP contribution is -2.35. The van der Waals surface area contributed by atoms with Gasteiger partial charge in [0.05, 0.1) is 59.9 Å². The number of carbonyl (C=O) groups excluding carboxylic acids is 2. The van der Waals surface area contributed by atoms with Gasteiger partial charge in [-0.15, -0.1) is 0 Å². The van der Waals surface area contributed by atoms with Crippen molar-refractivity contribution in [2.24, 2.45) is 0 Å². The normalized spacial score (nSPS) is 15.6. The molecule has 0 radical (unpaired) electrons. The Bertz CT molecular complexity index is 1560. The number of hydrogen-bond donors (Lipinski definition) is 3. The maximum Gasteiger partial charge on any atom is 0.257 e. The van der Waals surface area contributed by atoms with Gasteiger partial charge in [-0.3, -0.25) is 24.2 Å². The summed E-state index contributed by atoms with van der Waals surface area (Å²) in [5, 5.41) is 11.3. The highest BCUT2D eigenvalue weighted by molar-refractivity contribution is 6.06. The third-order valence-corrected chi connectivity index (χ3v) is 7.55. The molecule has 1 saturated heterocycles. The highest BCUT2D eigenvalue weighted by Gasteiger charge is 2.22. The number of carbonyl (C=O) groups is 2. The molecule has 1 atom stereocenters. The van der Waals surface area contributed by atoms with Crippen LogP contribution in [0.4, 0.5) is 11.4 Å². The first-order chi connectivity index (χ1) is 19.2. The van der Waals surface area contributed by atoms with E-state index in [0.717, 1.165) is 47.4 Å². The van der Waals surface area contributed by atoms with Crippen LogP contribution < -0.4 is 10.6 Å². The topological polar surface area (TPSA) is 130 Å². The highest BCUT2D eigenvalue weighted by atomic mass is 16.5. The summed E-state index contributed by atoms with van der Waals surface area (Å²) in [6.45, 7) is 10.5. The van der Waals surface area contributed by atoms with Gasteiger partial charge in [-0.05, 0) is 65.3 Å². The van der Waals surface area contributed by atoms with Crippen LogP contribution in [0.15, 0.2) is 30.6 Å². The lowest BCUT2D eigenvalue weighted by Gasteiger charge is -2.20. The standard InChI is InChI=1S/C29H36N8O3/c1-17-7-6-8-36(17)16-26(38)32-23-13-24(18(2)30-15-23)34-29(39)22-11-21-12-25(33-28(21)31-14-22)27-19(3)35-37(20(27)4)9-10-40-5/h11-15,17H,6-10,16H2,1-5H3,(H,31,33)(H,32,38)(H,34,39)/t17-/m0/s1. The number of ether oxygens (including phenoxy) is 1. The van der Waals surface area contributed by atoms with Crippen molar-refractivity contribution < 1.29 is 14.3 Å². The van der Waals surface area contributed by atoms with E-state index in [2.05, 4.69) is 42.5 Å². The van der Waals surface area contributed by atoms with Crippen LogP contribution in [0.5, 0.6) is 0 Å². The summed E-state index contributed by atoms with van der Waals surface area (Å²) in [7, 11) is 1.67. The van der Waals surface area contributed by atoms with Crippen LogP contribution in [-0.4, -0.2) is 74.3 Å². The summed E-state index contributed by atoms with van der Waals surface area (Å²) in [4.78, 5) is 40.2. The van der Waals surface area contributed by atoms with Crippen molar-refractivity contribution in [1.29, 1.82) is 0 Å². The minimum absolute atomic E-state index is 0.0932. The number of nitrogens with zero attached hydrogens (tertiary/aromatic N) is 5. The van der Waals surface area contributed by atoms with E-state index in [4.69, 9.17) is 4.74 Å². The molecule has 5 heterocycles. The molecular formula is C29H36N8O3. The number of rotatable bonds is 9. The number of pyridine rings is 2. The van der Waals surface area contributed by atoms with Crippen molar-refractivity contribution in [2.75, 3.05) is 37.4 Å². The van der Waals surface area contributed by atoms with Gasteiger partial charge in [-0.2, -0.15) is 5.10 Å². The molecule has 0 saturated carbocycles. The number of likely N-dealkylation sites (tertiary alicyclic amines) is 1. The fraction of sp³-hybridized carbons (Fsp3) is 0.414. The molecule has 0 aromatic carbocycles. The Morgan fingerprint density at radius 1 is 1.10 bits per heavy atom. The van der Waals surface area contributed by atoms with E-state index in [1.54, 1.807) is 25.6 Å². The van der Waals surface area contributed by atoms with E-state index < -0.39 is 0 Å². The van der Waals surface area contributed by atoms with Crippen LogP contribution in [-0.2, 0) is 16.1 Å². The van der Waals surface area contributed by atoms with Crippen molar-refractivity contribution in [1.82, 2.24) is 29.6 Å². The molecule has 4 aromatic rings. The zero-order valence-corrected chi connectivity index (χ0v) is 23.7. The van der Waals surface area contributed by atoms with Gasteiger partial charge in [0.25, 0.3) is 5.91 Å². The number of aromatic nitrogens is 5. The lowest BCUT2D eigenvalue weighted by molar-refractivity contribution is -0.117. The molecular weight excluding hydrogens is 508 g/mol. The molecule has 1 aliphatic heterocycles. The minimum Gasteiger partial charge on any atom is -0.383 e. The fourth-order valence-electron chi connectivity index (χ4n) is 5.29. The number of anilines is 2. The summed E-state index contributed by atoms with van der Waals surface area (Å²) in [5.41, 5.74) is 6.66. The van der Waals surface area contributed by atoms with Crippen LogP contribution >= 0.6 is 0 Å². The molecule has 40 heavy (non-hydrogen) atoms. The van der Waals surface area contributed by atoms with Gasteiger partial charge in [0.15, 0.2) is 0 Å². The first-order valence-electron chi connectivity index (χ1n) is 13.6. The SMILES string of the molecule is COCCn1nc(C)c(-c2cc3cc(C(=O)Nc4cc(NC(=O)CN5CCC[C@@H]5C)cnc4C)cnc3[nH]2)c1C. The van der Waals surface area contributed by atoms with Crippen molar-refractivity contribution >= 4 is 34.2 Å². The number of nitrogens with one attached hydrogen (secondary N) is 3. The van der Waals surface area contributed by atoms with Crippen molar-refractivity contribution in [3.8, 4) is 11.3 Å². The number of H-pyrrole nitrogens is 1. The second-order valence-corrected chi connectivity index (χ2v) is 10.4. The maximum absolute atomic E-state index is 13.2. The average Bonchev–Trinajstić information content (AvgIpc) is 3.60. The van der Waals surface area contributed by atoms with E-state index >= 15 is 0 Å². The molecule has 0 spiro atoms. The minimum atomic E-state index is -0.309. The molecule has 11 heteroatoms. The Morgan fingerprint density at radius 3 is 2.67 bits per heavy atom. The molecule has 2 amide bonds. The molecule has 0 bridgehead atoms. The van der Waals surface area contributed by atoms with E-state index in [0.29, 0.717) is 54.0 Å². The van der Waals surface area contributed by atoms with E-state index in [1.807, 2.05) is 37.6 Å². The van der Waals surface area contributed by atoms with Crippen LogP contribution in [0.2, 0.25) is 0 Å². The van der Waals surface area contributed by atoms with Gasteiger partial charge >= 0.3 is 0 Å². The number of methoxy groups -OCH3 is 1. The molecule has 0 unspecified atom stereocenters. The zero-order chi connectivity index (χ0) is 28.4. The van der Waals surface area contributed by atoms with Crippen LogP contribution in [0.3, 0.4) is 0 Å². The smallest absolute Gasteiger partial charge is 0.257 e. The number of amides is 2. The van der Waals surface area contributed by atoms with Gasteiger partial charge in [0.1, 0.15) is 5.65 Å². The third-order valence-electron chi connectivity index (χ3n) is 7.55. The summed E-state index contributed by atoms with van der Waals surface area (Å²) in [6.07, 6.45) is 5.37. The first kappa shape index (κ1) is 27.5. The average molecular weight is 545 g/mol. The Morgan fingerprint density at radius 2 is 1.93 bits per heavy atom. The molecule has 4 aromatic heterocycles. The Hall–Kier alpha value is -4.09. The van der Waals surface area contributed by atoms with Gasteiger partial charge in [0, 0.05) is 36.0 Å². The summed E-state index contributed by atoms with van der Waals surface area (Å²) < 4.78 is 7.14. The number of hydrogen-bond acceptors (Lipinski definition) is 7. The Balaban J connectivity index is 1.31. The molecule has 1 aliphatic rings. The number of aryl methyl sites for hydroxylation is 2. The molecule has 3 N–H and O–H groups in total.